The predicted octanol–water partition coefficient (Wildman–Crippen LogP) is 3.66. The van der Waals surface area contributed by atoms with Crippen molar-refractivity contribution in [1.82, 2.24) is 10.2 Å². The van der Waals surface area contributed by atoms with E-state index in [2.05, 4.69) is 30.4 Å². The van der Waals surface area contributed by atoms with Crippen LogP contribution >= 0.6 is 0 Å². The molecule has 4 heteroatoms. The number of fused-ring (bicyclic) bond motifs is 1. The molecule has 2 aliphatic heterocycles. The van der Waals surface area contributed by atoms with E-state index in [0.717, 1.165) is 33.8 Å². The van der Waals surface area contributed by atoms with Crippen molar-refractivity contribution in [3.8, 4) is 6.07 Å². The highest BCUT2D eigenvalue weighted by Crippen LogP contribution is 2.31. The van der Waals surface area contributed by atoms with Gasteiger partial charge in [0, 0.05) is 12.6 Å². The second kappa shape index (κ2) is 6.38. The minimum absolute atomic E-state index is 0.0409. The fourth-order valence-corrected chi connectivity index (χ4v) is 3.25. The summed E-state index contributed by atoms with van der Waals surface area (Å²) in [4.78, 5) is 14.4. The van der Waals surface area contributed by atoms with Gasteiger partial charge in [-0.05, 0) is 47.4 Å². The minimum Gasteiger partial charge on any atom is -0.341 e. The number of nitrogens with one attached hydrogen (secondary N) is 1. The lowest BCUT2D eigenvalue weighted by Gasteiger charge is -2.34. The molecule has 0 radical (unpaired) electrons. The molecule has 1 N–H and O–H groups in total. The van der Waals surface area contributed by atoms with Crippen LogP contribution in [-0.4, -0.2) is 17.4 Å². The smallest absolute Gasteiger partial charge is 0.254 e. The van der Waals surface area contributed by atoms with Crippen molar-refractivity contribution in [2.45, 2.75) is 6.92 Å². The summed E-state index contributed by atoms with van der Waals surface area (Å²) >= 11 is 0. The maximum Gasteiger partial charge on any atom is 0.254 e. The van der Waals surface area contributed by atoms with Crippen LogP contribution in [0.4, 0.5) is 0 Å². The average molecular weight is 339 g/mol. The van der Waals surface area contributed by atoms with E-state index in [1.54, 1.807) is 23.1 Å². The average Bonchev–Trinajstić information content (AvgIpc) is 2.69. The third-order valence-corrected chi connectivity index (χ3v) is 4.63. The van der Waals surface area contributed by atoms with Crippen LogP contribution in [0.15, 0.2) is 78.1 Å². The Morgan fingerprint density at radius 1 is 1.00 bits per heavy atom. The van der Waals surface area contributed by atoms with E-state index in [-0.39, 0.29) is 5.91 Å². The van der Waals surface area contributed by atoms with E-state index in [4.69, 9.17) is 5.26 Å². The normalized spacial score (nSPS) is 16.3. The van der Waals surface area contributed by atoms with E-state index in [1.165, 1.54) is 0 Å². The number of rotatable bonds is 2. The van der Waals surface area contributed by atoms with Crippen LogP contribution in [0, 0.1) is 11.3 Å². The summed E-state index contributed by atoms with van der Waals surface area (Å²) in [5, 5.41) is 12.3. The largest absolute Gasteiger partial charge is 0.341 e. The summed E-state index contributed by atoms with van der Waals surface area (Å²) in [6, 6.07) is 19.5. The highest BCUT2D eigenvalue weighted by Gasteiger charge is 2.27. The van der Waals surface area contributed by atoms with Gasteiger partial charge in [-0.3, -0.25) is 9.69 Å². The van der Waals surface area contributed by atoms with Gasteiger partial charge in [-0.15, -0.1) is 0 Å². The van der Waals surface area contributed by atoms with Crippen molar-refractivity contribution in [1.29, 1.82) is 5.26 Å². The number of allylic oxidation sites excluding steroid dienone is 2. The van der Waals surface area contributed by atoms with Crippen LogP contribution in [0.25, 0.3) is 11.3 Å². The minimum atomic E-state index is -0.0409. The summed E-state index contributed by atoms with van der Waals surface area (Å²) in [6.45, 7) is 2.63. The Bertz CT molecular complexity index is 1010. The van der Waals surface area contributed by atoms with Crippen molar-refractivity contribution < 1.29 is 4.79 Å². The van der Waals surface area contributed by atoms with Crippen molar-refractivity contribution >= 4 is 17.2 Å². The molecule has 26 heavy (non-hydrogen) atoms. The molecule has 2 aromatic carbocycles. The Kier molecular flexibility index (Phi) is 3.91. The second-order valence-electron chi connectivity index (χ2n) is 6.39. The van der Waals surface area contributed by atoms with Crippen LogP contribution < -0.4 is 5.32 Å². The lowest BCUT2D eigenvalue weighted by atomic mass is 9.96. The van der Waals surface area contributed by atoms with Crippen molar-refractivity contribution in [2.75, 3.05) is 6.54 Å². The number of nitrogens with zero attached hydrogens (tertiary/aromatic N) is 2. The molecule has 0 saturated heterocycles. The maximum absolute atomic E-state index is 12.6. The molecule has 126 valence electrons. The zero-order valence-electron chi connectivity index (χ0n) is 14.4. The quantitative estimate of drug-likeness (QED) is 0.908. The lowest BCUT2D eigenvalue weighted by Crippen LogP contribution is -2.42. The van der Waals surface area contributed by atoms with Gasteiger partial charge in [-0.2, -0.15) is 5.26 Å². The number of hydrogen-bond donors (Lipinski definition) is 1. The van der Waals surface area contributed by atoms with Crippen molar-refractivity contribution in [2.24, 2.45) is 0 Å². The Balaban J connectivity index is 1.70. The van der Waals surface area contributed by atoms with Gasteiger partial charge in [0.1, 0.15) is 5.82 Å². The SMILES string of the molecule is CC1=C(c2ccccc2)C=C2NC(c3ccc(C#N)cc3)=CC(=O)N2C1. The highest BCUT2D eigenvalue weighted by molar-refractivity contribution is 5.99. The van der Waals surface area contributed by atoms with Gasteiger partial charge in [0.2, 0.25) is 0 Å². The van der Waals surface area contributed by atoms with E-state index >= 15 is 0 Å². The molecule has 0 aromatic heterocycles. The molecule has 2 aromatic rings. The topological polar surface area (TPSA) is 56.1 Å². The van der Waals surface area contributed by atoms with Gasteiger partial charge in [0.15, 0.2) is 0 Å². The third kappa shape index (κ3) is 2.80. The number of hydrogen-bond acceptors (Lipinski definition) is 3. The highest BCUT2D eigenvalue weighted by atomic mass is 16.2. The van der Waals surface area contributed by atoms with Gasteiger partial charge in [-0.1, -0.05) is 42.5 Å². The molecular weight excluding hydrogens is 322 g/mol. The van der Waals surface area contributed by atoms with Crippen molar-refractivity contribution in [3.05, 3.63) is 94.8 Å². The fourth-order valence-electron chi connectivity index (χ4n) is 3.25. The monoisotopic (exact) mass is 339 g/mol. The first-order valence-electron chi connectivity index (χ1n) is 8.43. The summed E-state index contributed by atoms with van der Waals surface area (Å²) in [6.07, 6.45) is 3.64. The van der Waals surface area contributed by atoms with E-state index in [9.17, 15) is 4.79 Å². The van der Waals surface area contributed by atoms with Gasteiger partial charge >= 0.3 is 0 Å². The van der Waals surface area contributed by atoms with Gasteiger partial charge in [0.05, 0.1) is 17.3 Å². The Labute approximate surface area is 152 Å². The maximum atomic E-state index is 12.6. The predicted molar refractivity (Wildman–Crippen MR) is 101 cm³/mol. The van der Waals surface area contributed by atoms with E-state index in [1.807, 2.05) is 36.4 Å². The fraction of sp³-hybridized carbons (Fsp3) is 0.0909. The van der Waals surface area contributed by atoms with Crippen LogP contribution in [0.1, 0.15) is 23.6 Å². The number of benzene rings is 2. The van der Waals surface area contributed by atoms with Crippen LogP contribution in [0.3, 0.4) is 0 Å². The molecule has 0 fully saturated rings. The van der Waals surface area contributed by atoms with Crippen LogP contribution in [-0.2, 0) is 4.79 Å². The zero-order chi connectivity index (χ0) is 18.1. The lowest BCUT2D eigenvalue weighted by molar-refractivity contribution is -0.124. The van der Waals surface area contributed by atoms with Gasteiger partial charge < -0.3 is 5.32 Å². The standard InChI is InChI=1S/C22H17N3O/c1-15-14-25-21(11-19(15)17-5-3-2-4-6-17)24-20(12-22(25)26)18-9-7-16(13-23)8-10-18/h2-12,24H,14H2,1H3. The van der Waals surface area contributed by atoms with Crippen LogP contribution in [0.5, 0.6) is 0 Å². The molecule has 2 aliphatic rings. The number of carbonyl (C=O) groups excluding carboxylic acids is 1. The molecule has 0 spiro atoms. The number of amides is 1. The molecule has 0 aliphatic carbocycles. The first-order valence-corrected chi connectivity index (χ1v) is 8.43. The van der Waals surface area contributed by atoms with Gasteiger partial charge in [-0.25, -0.2) is 0 Å². The first kappa shape index (κ1) is 15.9. The van der Waals surface area contributed by atoms with Crippen molar-refractivity contribution in [3.63, 3.8) is 0 Å². The summed E-state index contributed by atoms with van der Waals surface area (Å²) in [5.74, 6) is 0.738. The zero-order valence-corrected chi connectivity index (χ0v) is 14.4. The molecule has 1 amide bonds. The molecule has 0 atom stereocenters. The number of carbonyl (C=O) groups is 1. The summed E-state index contributed by atoms with van der Waals surface area (Å²) in [5.41, 5.74) is 5.66. The molecule has 4 rings (SSSR count). The Morgan fingerprint density at radius 3 is 2.42 bits per heavy atom. The van der Waals surface area contributed by atoms with E-state index in [0.29, 0.717) is 12.1 Å². The Hall–Kier alpha value is -3.58. The van der Waals surface area contributed by atoms with E-state index < -0.39 is 0 Å². The molecule has 0 saturated carbocycles. The summed E-state index contributed by atoms with van der Waals surface area (Å²) in [7, 11) is 0. The second-order valence-corrected chi connectivity index (χ2v) is 6.39. The molecule has 4 nitrogen and oxygen atoms in total. The molecule has 2 heterocycles. The summed E-state index contributed by atoms with van der Waals surface area (Å²) < 4.78 is 0. The molecule has 0 bridgehead atoms. The van der Waals surface area contributed by atoms with Crippen LogP contribution in [0.2, 0.25) is 0 Å². The molecule has 0 unspecified atom stereocenters. The van der Waals surface area contributed by atoms with Gasteiger partial charge in [0.25, 0.3) is 5.91 Å². The molecular formula is C22H17N3O. The third-order valence-electron chi connectivity index (χ3n) is 4.63. The Morgan fingerprint density at radius 2 is 1.73 bits per heavy atom. The number of nitriles is 1. The first-order chi connectivity index (χ1) is 12.7.